The summed E-state index contributed by atoms with van der Waals surface area (Å²) in [5, 5.41) is 2.34. The van der Waals surface area contributed by atoms with E-state index >= 15 is 0 Å². The van der Waals surface area contributed by atoms with Gasteiger partial charge in [-0.1, -0.05) is 35.9 Å². The van der Waals surface area contributed by atoms with Gasteiger partial charge in [-0.3, -0.25) is 19.3 Å². The molecule has 1 heterocycles. The highest BCUT2D eigenvalue weighted by Gasteiger charge is 2.34. The van der Waals surface area contributed by atoms with Gasteiger partial charge in [-0.15, -0.1) is 0 Å². The third kappa shape index (κ3) is 5.79. The van der Waals surface area contributed by atoms with Crippen LogP contribution < -0.4 is 14.8 Å². The molecule has 7 nitrogen and oxygen atoms in total. The molecule has 8 heteroatoms. The number of thioether (sulfide) groups is 1. The minimum atomic E-state index is -0.351. The van der Waals surface area contributed by atoms with Crippen molar-refractivity contribution in [3.63, 3.8) is 0 Å². The van der Waals surface area contributed by atoms with Crippen LogP contribution in [0.25, 0.3) is 12.2 Å². The number of nitrogens with one attached hydrogen (secondary N) is 1. The van der Waals surface area contributed by atoms with Crippen LogP contribution in [0.15, 0.2) is 53.4 Å². The predicted molar refractivity (Wildman–Crippen MR) is 125 cm³/mol. The molecule has 32 heavy (non-hydrogen) atoms. The zero-order valence-corrected chi connectivity index (χ0v) is 18.9. The van der Waals surface area contributed by atoms with Crippen molar-refractivity contribution in [2.24, 2.45) is 0 Å². The van der Waals surface area contributed by atoms with Gasteiger partial charge in [-0.2, -0.15) is 0 Å². The Hall–Kier alpha value is -3.52. The van der Waals surface area contributed by atoms with E-state index in [-0.39, 0.29) is 30.1 Å². The van der Waals surface area contributed by atoms with Gasteiger partial charge < -0.3 is 14.8 Å². The fourth-order valence-electron chi connectivity index (χ4n) is 2.99. The van der Waals surface area contributed by atoms with Crippen LogP contribution in [0.3, 0.4) is 0 Å². The van der Waals surface area contributed by atoms with Crippen LogP contribution in [0.5, 0.6) is 11.5 Å². The summed E-state index contributed by atoms with van der Waals surface area (Å²) in [6.45, 7) is 2.24. The standard InChI is InChI=1S/C24H24N2O5S/c1-16-4-6-18(7-5-16)15-21-23(28)26(24(29)32-21)13-12-25-22(27)11-9-17-8-10-19(30-2)20(14-17)31-3/h4-11,14-15H,12-13H2,1-3H3,(H,25,27)/b11-9+,21-15-. The van der Waals surface area contributed by atoms with E-state index in [1.54, 1.807) is 44.6 Å². The number of methoxy groups -OCH3 is 2. The average Bonchev–Trinajstić information content (AvgIpc) is 3.06. The number of amides is 3. The van der Waals surface area contributed by atoms with Gasteiger partial charge in [0.25, 0.3) is 11.1 Å². The Bertz CT molecular complexity index is 1080. The topological polar surface area (TPSA) is 84.9 Å². The first kappa shape index (κ1) is 23.1. The summed E-state index contributed by atoms with van der Waals surface area (Å²) in [6.07, 6.45) is 4.73. The Morgan fingerprint density at radius 2 is 1.72 bits per heavy atom. The summed E-state index contributed by atoms with van der Waals surface area (Å²) in [4.78, 5) is 38.4. The molecule has 0 radical (unpaired) electrons. The summed E-state index contributed by atoms with van der Waals surface area (Å²) in [5.41, 5.74) is 2.74. The molecule has 3 amide bonds. The average molecular weight is 453 g/mol. The van der Waals surface area contributed by atoms with Crippen LogP contribution in [-0.2, 0) is 9.59 Å². The maximum atomic E-state index is 12.6. The number of hydrogen-bond donors (Lipinski definition) is 1. The van der Waals surface area contributed by atoms with E-state index in [1.807, 2.05) is 31.2 Å². The van der Waals surface area contributed by atoms with Crippen molar-refractivity contribution in [1.82, 2.24) is 10.2 Å². The number of imide groups is 1. The molecule has 1 aliphatic heterocycles. The van der Waals surface area contributed by atoms with Gasteiger partial charge >= 0.3 is 0 Å². The Labute approximate surface area is 191 Å². The molecule has 1 N–H and O–H groups in total. The smallest absolute Gasteiger partial charge is 0.293 e. The second-order valence-corrected chi connectivity index (χ2v) is 7.98. The number of hydrogen-bond acceptors (Lipinski definition) is 6. The molecule has 2 aromatic carbocycles. The van der Waals surface area contributed by atoms with Crippen molar-refractivity contribution in [3.8, 4) is 11.5 Å². The van der Waals surface area contributed by atoms with Gasteiger partial charge in [0.15, 0.2) is 11.5 Å². The number of carbonyl (C=O) groups excluding carboxylic acids is 3. The van der Waals surface area contributed by atoms with Gasteiger partial charge in [-0.25, -0.2) is 0 Å². The van der Waals surface area contributed by atoms with Crippen molar-refractivity contribution in [1.29, 1.82) is 0 Å². The Morgan fingerprint density at radius 1 is 1.03 bits per heavy atom. The fourth-order valence-corrected chi connectivity index (χ4v) is 3.85. The Morgan fingerprint density at radius 3 is 2.41 bits per heavy atom. The second-order valence-electron chi connectivity index (χ2n) is 6.98. The van der Waals surface area contributed by atoms with Crippen LogP contribution in [0.2, 0.25) is 0 Å². The molecular formula is C24H24N2O5S. The molecule has 1 saturated heterocycles. The zero-order valence-electron chi connectivity index (χ0n) is 18.1. The summed E-state index contributed by atoms with van der Waals surface area (Å²) < 4.78 is 10.4. The Kier molecular flexibility index (Phi) is 7.72. The van der Waals surface area contributed by atoms with Crippen molar-refractivity contribution < 1.29 is 23.9 Å². The van der Waals surface area contributed by atoms with E-state index in [1.165, 1.54) is 6.08 Å². The highest BCUT2D eigenvalue weighted by Crippen LogP contribution is 2.32. The first-order chi connectivity index (χ1) is 15.4. The predicted octanol–water partition coefficient (Wildman–Crippen LogP) is 3.88. The number of ether oxygens (including phenoxy) is 2. The van der Waals surface area contributed by atoms with Gasteiger partial charge in [0, 0.05) is 19.2 Å². The van der Waals surface area contributed by atoms with Crippen molar-refractivity contribution in [2.45, 2.75) is 6.92 Å². The first-order valence-electron chi connectivity index (χ1n) is 9.91. The summed E-state index contributed by atoms with van der Waals surface area (Å²) >= 11 is 0.903. The lowest BCUT2D eigenvalue weighted by Gasteiger charge is -2.12. The highest BCUT2D eigenvalue weighted by molar-refractivity contribution is 8.18. The quantitative estimate of drug-likeness (QED) is 0.612. The van der Waals surface area contributed by atoms with Crippen molar-refractivity contribution >= 4 is 41.0 Å². The van der Waals surface area contributed by atoms with Crippen LogP contribution >= 0.6 is 11.8 Å². The number of carbonyl (C=O) groups is 3. The van der Waals surface area contributed by atoms with Gasteiger partial charge in [0.05, 0.1) is 19.1 Å². The largest absolute Gasteiger partial charge is 0.493 e. The number of benzene rings is 2. The molecule has 2 aromatic rings. The van der Waals surface area contributed by atoms with Crippen molar-refractivity contribution in [3.05, 3.63) is 70.1 Å². The van der Waals surface area contributed by atoms with E-state index in [9.17, 15) is 14.4 Å². The van der Waals surface area contributed by atoms with Gasteiger partial charge in [0.1, 0.15) is 0 Å². The molecule has 0 saturated carbocycles. The van der Waals surface area contributed by atoms with Gasteiger partial charge in [-0.05, 0) is 54.1 Å². The van der Waals surface area contributed by atoms with Crippen LogP contribution in [0.4, 0.5) is 4.79 Å². The molecule has 0 aliphatic carbocycles. The lowest BCUT2D eigenvalue weighted by atomic mass is 10.1. The molecule has 3 rings (SSSR count). The molecule has 166 valence electrons. The maximum absolute atomic E-state index is 12.6. The molecule has 0 atom stereocenters. The normalized spacial score (nSPS) is 15.0. The SMILES string of the molecule is COc1ccc(/C=C/C(=O)NCCN2C(=O)S/C(=C\c3ccc(C)cc3)C2=O)cc1OC. The third-order valence-electron chi connectivity index (χ3n) is 4.72. The maximum Gasteiger partial charge on any atom is 0.293 e. The summed E-state index contributed by atoms with van der Waals surface area (Å²) in [7, 11) is 3.09. The second kappa shape index (κ2) is 10.7. The molecule has 0 spiro atoms. The van der Waals surface area contributed by atoms with E-state index in [0.717, 1.165) is 33.4 Å². The Balaban J connectivity index is 1.53. The van der Waals surface area contributed by atoms with Crippen molar-refractivity contribution in [2.75, 3.05) is 27.3 Å². The minimum absolute atomic E-state index is 0.103. The third-order valence-corrected chi connectivity index (χ3v) is 5.63. The lowest BCUT2D eigenvalue weighted by Crippen LogP contribution is -2.36. The molecule has 1 fully saturated rings. The van der Waals surface area contributed by atoms with E-state index in [2.05, 4.69) is 5.32 Å². The van der Waals surface area contributed by atoms with Crippen LogP contribution in [0, 0.1) is 6.92 Å². The number of rotatable bonds is 8. The number of aryl methyl sites for hydroxylation is 1. The molecule has 0 aromatic heterocycles. The first-order valence-corrected chi connectivity index (χ1v) is 10.7. The fraction of sp³-hybridized carbons (Fsp3) is 0.208. The van der Waals surface area contributed by atoms with E-state index in [4.69, 9.17) is 9.47 Å². The van der Waals surface area contributed by atoms with Gasteiger partial charge in [0.2, 0.25) is 5.91 Å². The molecular weight excluding hydrogens is 428 g/mol. The monoisotopic (exact) mass is 452 g/mol. The molecule has 0 bridgehead atoms. The lowest BCUT2D eigenvalue weighted by molar-refractivity contribution is -0.123. The van der Waals surface area contributed by atoms with E-state index < -0.39 is 0 Å². The number of nitrogens with zero attached hydrogens (tertiary/aromatic N) is 1. The highest BCUT2D eigenvalue weighted by atomic mass is 32.2. The van der Waals surface area contributed by atoms with Crippen LogP contribution in [-0.4, -0.2) is 49.3 Å². The van der Waals surface area contributed by atoms with Crippen LogP contribution in [0.1, 0.15) is 16.7 Å². The minimum Gasteiger partial charge on any atom is -0.493 e. The molecule has 1 aliphatic rings. The molecule has 0 unspecified atom stereocenters. The van der Waals surface area contributed by atoms with E-state index in [0.29, 0.717) is 16.4 Å². The summed E-state index contributed by atoms with van der Waals surface area (Å²) in [5.74, 6) is 0.480. The zero-order chi connectivity index (χ0) is 23.1. The summed E-state index contributed by atoms with van der Waals surface area (Å²) in [6, 6.07) is 13.0.